The zero-order chi connectivity index (χ0) is 11.3. The molecule has 0 amide bonds. The van der Waals surface area contributed by atoms with Gasteiger partial charge in [0.25, 0.3) is 0 Å². The van der Waals surface area contributed by atoms with E-state index in [1.54, 1.807) is 0 Å². The molecular weight excluding hydrogens is 200 g/mol. The average molecular weight is 220 g/mol. The van der Waals surface area contributed by atoms with E-state index in [0.717, 1.165) is 12.5 Å². The summed E-state index contributed by atoms with van der Waals surface area (Å²) >= 11 is 0. The van der Waals surface area contributed by atoms with Crippen LogP contribution in [0.3, 0.4) is 0 Å². The Bertz CT molecular complexity index is 314. The number of hydrogen-bond donors (Lipinski definition) is 1. The summed E-state index contributed by atoms with van der Waals surface area (Å²) in [6, 6.07) is 9.79. The fraction of sp³-hybridized carbons (Fsp3) is 0.385. The van der Waals surface area contributed by atoms with Crippen LogP contribution in [-0.4, -0.2) is 19.8 Å². The predicted octanol–water partition coefficient (Wildman–Crippen LogP) is 2.32. The second-order valence-electron chi connectivity index (χ2n) is 4.55. The van der Waals surface area contributed by atoms with Crippen LogP contribution in [-0.2, 0) is 6.42 Å². The zero-order valence-corrected chi connectivity index (χ0v) is 10.7. The lowest BCUT2D eigenvalue weighted by Crippen LogP contribution is -2.40. The fourth-order valence-corrected chi connectivity index (χ4v) is 3.76. The Balaban J connectivity index is 2.83. The monoisotopic (exact) mass is 220 g/mol. The largest absolute Gasteiger partial charge is 0.396 e. The highest BCUT2D eigenvalue weighted by Gasteiger charge is 2.08. The summed E-state index contributed by atoms with van der Waals surface area (Å²) in [6.45, 7) is 8.76. The van der Waals surface area contributed by atoms with Crippen LogP contribution >= 0.6 is 0 Å². The van der Waals surface area contributed by atoms with Gasteiger partial charge in [-0.2, -0.15) is 18.3 Å². The first kappa shape index (κ1) is 12.2. The summed E-state index contributed by atoms with van der Waals surface area (Å²) in [5.74, 6) is 0. The Kier molecular flexibility index (Phi) is 4.30. The molecule has 0 spiro atoms. The maximum atomic E-state index is 8.83. The van der Waals surface area contributed by atoms with Gasteiger partial charge in [0.1, 0.15) is 0 Å². The Morgan fingerprint density at radius 2 is 1.87 bits per heavy atom. The maximum absolute atomic E-state index is 8.83. The number of benzene rings is 1. The molecule has 0 aromatic heterocycles. The molecule has 0 unspecified atom stereocenters. The predicted molar refractivity (Wildman–Crippen MR) is 69.4 cm³/mol. The fourth-order valence-electron chi connectivity index (χ4n) is 1.73. The average Bonchev–Trinajstić information content (AvgIpc) is 2.19. The lowest BCUT2D eigenvalue weighted by atomic mass is 10.2. The molecule has 0 aliphatic carbocycles. The highest BCUT2D eigenvalue weighted by Crippen LogP contribution is 2.11. The zero-order valence-electron chi connectivity index (χ0n) is 9.66. The third kappa shape index (κ3) is 3.32. The molecule has 0 fully saturated rings. The van der Waals surface area contributed by atoms with Crippen LogP contribution in [0.25, 0.3) is 0 Å². The van der Waals surface area contributed by atoms with Gasteiger partial charge in [0.2, 0.25) is 0 Å². The summed E-state index contributed by atoms with van der Waals surface area (Å²) < 4.78 is 0. The van der Waals surface area contributed by atoms with Crippen molar-refractivity contribution in [1.82, 2.24) is 0 Å². The van der Waals surface area contributed by atoms with E-state index in [0.29, 0.717) is 0 Å². The van der Waals surface area contributed by atoms with E-state index in [-0.39, 0.29) is 6.61 Å². The minimum absolute atomic E-state index is 0.229. The number of allylic oxidation sites excluding steroid dienone is 1. The van der Waals surface area contributed by atoms with Crippen LogP contribution < -0.4 is 5.19 Å². The van der Waals surface area contributed by atoms with Crippen molar-refractivity contribution in [2.75, 3.05) is 6.61 Å². The minimum atomic E-state index is -1.31. The SMILES string of the molecule is C=CC[Si-](C)(C)c1ccc(CCO)cc1. The lowest BCUT2D eigenvalue weighted by Gasteiger charge is -2.33. The summed E-state index contributed by atoms with van der Waals surface area (Å²) in [7, 11) is -1.31. The van der Waals surface area contributed by atoms with E-state index in [2.05, 4.69) is 43.9 Å². The molecule has 1 N–H and O–H groups in total. The van der Waals surface area contributed by atoms with Gasteiger partial charge in [-0.25, -0.2) is 0 Å². The van der Waals surface area contributed by atoms with E-state index in [1.807, 2.05) is 6.08 Å². The second-order valence-corrected chi connectivity index (χ2v) is 9.30. The first-order chi connectivity index (χ1) is 7.10. The van der Waals surface area contributed by atoms with Gasteiger partial charge in [-0.3, -0.25) is 0 Å². The second kappa shape index (κ2) is 5.28. The van der Waals surface area contributed by atoms with E-state index in [4.69, 9.17) is 5.11 Å². The Labute approximate surface area is 93.5 Å². The van der Waals surface area contributed by atoms with Gasteiger partial charge in [0, 0.05) is 6.61 Å². The number of aliphatic hydroxyl groups is 1. The topological polar surface area (TPSA) is 20.2 Å². The van der Waals surface area contributed by atoms with Crippen molar-refractivity contribution in [3.05, 3.63) is 42.5 Å². The van der Waals surface area contributed by atoms with E-state index >= 15 is 0 Å². The van der Waals surface area contributed by atoms with Gasteiger partial charge in [-0.05, 0) is 12.0 Å². The van der Waals surface area contributed by atoms with Crippen LogP contribution in [0.2, 0.25) is 19.1 Å². The van der Waals surface area contributed by atoms with Crippen molar-refractivity contribution in [3.8, 4) is 0 Å². The highest BCUT2D eigenvalue weighted by atomic mass is 28.3. The molecular formula is C13H20OSi-. The van der Waals surface area contributed by atoms with Gasteiger partial charge in [0.05, 0.1) is 0 Å². The van der Waals surface area contributed by atoms with E-state index in [1.165, 1.54) is 10.8 Å². The van der Waals surface area contributed by atoms with Crippen molar-refractivity contribution >= 4 is 13.3 Å². The molecule has 2 heteroatoms. The van der Waals surface area contributed by atoms with Gasteiger partial charge in [0.15, 0.2) is 0 Å². The molecule has 1 aromatic rings. The molecule has 1 rings (SSSR count). The Morgan fingerprint density at radius 1 is 1.27 bits per heavy atom. The third-order valence-electron chi connectivity index (χ3n) is 2.79. The molecule has 15 heavy (non-hydrogen) atoms. The standard InChI is InChI=1S/C13H20OSi/c1-4-11-15(2,3)13-7-5-12(6-8-13)9-10-14/h4-8,14H,1,9-11H2,2-3H3/q-1. The molecule has 0 radical (unpaired) electrons. The molecule has 83 valence electrons. The maximum Gasteiger partial charge on any atom is 0.0471 e. The number of hydrogen-bond acceptors (Lipinski definition) is 1. The van der Waals surface area contributed by atoms with Crippen molar-refractivity contribution in [2.45, 2.75) is 25.6 Å². The highest BCUT2D eigenvalue weighted by molar-refractivity contribution is 6.90. The smallest absolute Gasteiger partial charge is 0.0471 e. The lowest BCUT2D eigenvalue weighted by molar-refractivity contribution is 0.299. The Morgan fingerprint density at radius 3 is 2.33 bits per heavy atom. The summed E-state index contributed by atoms with van der Waals surface area (Å²) in [5, 5.41) is 10.3. The Hall–Kier alpha value is -0.863. The molecule has 0 aliphatic rings. The van der Waals surface area contributed by atoms with Crippen LogP contribution in [0.15, 0.2) is 36.9 Å². The first-order valence-electron chi connectivity index (χ1n) is 5.41. The summed E-state index contributed by atoms with van der Waals surface area (Å²) in [4.78, 5) is 0. The van der Waals surface area contributed by atoms with Crippen molar-refractivity contribution in [3.63, 3.8) is 0 Å². The van der Waals surface area contributed by atoms with Crippen LogP contribution in [0, 0.1) is 0 Å². The van der Waals surface area contributed by atoms with Crippen LogP contribution in [0.1, 0.15) is 5.56 Å². The van der Waals surface area contributed by atoms with Crippen molar-refractivity contribution in [1.29, 1.82) is 0 Å². The van der Waals surface area contributed by atoms with Crippen LogP contribution in [0.4, 0.5) is 0 Å². The molecule has 0 heterocycles. The normalized spacial score (nSPS) is 11.4. The molecule has 0 aliphatic heterocycles. The number of rotatable bonds is 5. The van der Waals surface area contributed by atoms with E-state index in [9.17, 15) is 0 Å². The molecule has 0 saturated heterocycles. The van der Waals surface area contributed by atoms with Gasteiger partial charge < -0.3 is 5.11 Å². The summed E-state index contributed by atoms with van der Waals surface area (Å²) in [6.07, 6.45) is 2.78. The van der Waals surface area contributed by atoms with Crippen molar-refractivity contribution in [2.24, 2.45) is 0 Å². The molecule has 0 atom stereocenters. The summed E-state index contributed by atoms with van der Waals surface area (Å²) in [5.41, 5.74) is 1.21. The molecule has 1 nitrogen and oxygen atoms in total. The van der Waals surface area contributed by atoms with Gasteiger partial charge in [-0.15, -0.1) is 26.8 Å². The van der Waals surface area contributed by atoms with E-state index < -0.39 is 8.07 Å². The third-order valence-corrected chi connectivity index (χ3v) is 6.00. The van der Waals surface area contributed by atoms with Gasteiger partial charge >= 0.3 is 0 Å². The number of aliphatic hydroxyl groups excluding tert-OH is 1. The first-order valence-corrected chi connectivity index (χ1v) is 8.62. The van der Waals surface area contributed by atoms with Crippen LogP contribution in [0.5, 0.6) is 0 Å². The van der Waals surface area contributed by atoms with Crippen molar-refractivity contribution < 1.29 is 5.11 Å². The molecule has 0 bridgehead atoms. The quantitative estimate of drug-likeness (QED) is 0.596. The van der Waals surface area contributed by atoms with Gasteiger partial charge in [-0.1, -0.05) is 24.3 Å². The molecule has 0 saturated carbocycles. The molecule has 1 aromatic carbocycles. The minimum Gasteiger partial charge on any atom is -0.396 e.